The molecule has 0 unspecified atom stereocenters. The molecule has 0 aromatic heterocycles. The molecular formula is C13H19NO2. The molecule has 2 aliphatic rings. The second-order valence-corrected chi connectivity index (χ2v) is 3.53. The van der Waals surface area contributed by atoms with Gasteiger partial charge in [0.15, 0.2) is 11.6 Å². The van der Waals surface area contributed by atoms with Crippen LogP contribution in [0.1, 0.15) is 33.6 Å². The van der Waals surface area contributed by atoms with Crippen LogP contribution < -0.4 is 5.32 Å². The lowest BCUT2D eigenvalue weighted by Crippen LogP contribution is -2.38. The number of fused-ring (bicyclic) bond motifs is 1. The van der Waals surface area contributed by atoms with Crippen molar-refractivity contribution in [3.8, 4) is 0 Å². The molecule has 1 saturated carbocycles. The minimum atomic E-state index is -0.615. The molecule has 2 rings (SSSR count). The third-order valence-corrected chi connectivity index (χ3v) is 2.62. The molecule has 1 N–H and O–H groups in total. The Morgan fingerprint density at radius 2 is 1.56 bits per heavy atom. The maximum Gasteiger partial charge on any atom is 0.188 e. The van der Waals surface area contributed by atoms with Crippen molar-refractivity contribution >= 4 is 11.6 Å². The molecule has 0 amide bonds. The molecule has 0 spiro atoms. The minimum absolute atomic E-state index is 0.0530. The summed E-state index contributed by atoms with van der Waals surface area (Å²) >= 11 is 0. The van der Waals surface area contributed by atoms with E-state index >= 15 is 0 Å². The highest BCUT2D eigenvalue weighted by atomic mass is 16.2. The van der Waals surface area contributed by atoms with E-state index < -0.39 is 6.04 Å². The van der Waals surface area contributed by atoms with Crippen LogP contribution in [-0.4, -0.2) is 24.2 Å². The first kappa shape index (κ1) is 12.8. The molecule has 2 aliphatic carbocycles. The molecule has 0 heterocycles. The Labute approximate surface area is 96.6 Å². The zero-order valence-electron chi connectivity index (χ0n) is 10.2. The van der Waals surface area contributed by atoms with Gasteiger partial charge in [-0.05, 0) is 19.4 Å². The maximum absolute atomic E-state index is 11.7. The summed E-state index contributed by atoms with van der Waals surface area (Å²) in [6, 6.07) is -0.615. The summed E-state index contributed by atoms with van der Waals surface area (Å²) < 4.78 is 0. The van der Waals surface area contributed by atoms with E-state index in [9.17, 15) is 9.59 Å². The van der Waals surface area contributed by atoms with Crippen molar-refractivity contribution in [1.82, 2.24) is 5.32 Å². The first-order valence-corrected chi connectivity index (χ1v) is 5.98. The lowest BCUT2D eigenvalue weighted by atomic mass is 10.0. The second-order valence-electron chi connectivity index (χ2n) is 3.53. The summed E-state index contributed by atoms with van der Waals surface area (Å²) in [5, 5.41) is 2.92. The van der Waals surface area contributed by atoms with Crippen molar-refractivity contribution in [2.24, 2.45) is 0 Å². The Hall–Kier alpha value is -1.22. The molecule has 1 fully saturated rings. The van der Waals surface area contributed by atoms with Gasteiger partial charge in [0.2, 0.25) is 0 Å². The third-order valence-electron chi connectivity index (χ3n) is 2.62. The Balaban J connectivity index is 0.000000606. The molecule has 3 nitrogen and oxygen atoms in total. The SMILES string of the molecule is CC.CCNC1C(=O)C2=CCCC=C2C1=O. The molecule has 3 heteroatoms. The van der Waals surface area contributed by atoms with E-state index in [0.29, 0.717) is 17.7 Å². The monoisotopic (exact) mass is 221 g/mol. The summed E-state index contributed by atoms with van der Waals surface area (Å²) in [5.74, 6) is -0.106. The van der Waals surface area contributed by atoms with Crippen LogP contribution in [-0.2, 0) is 9.59 Å². The van der Waals surface area contributed by atoms with Crippen molar-refractivity contribution < 1.29 is 9.59 Å². The molecule has 0 aromatic rings. The van der Waals surface area contributed by atoms with Crippen LogP contribution in [0, 0.1) is 0 Å². The molecule has 88 valence electrons. The van der Waals surface area contributed by atoms with Crippen LogP contribution >= 0.6 is 0 Å². The standard InChI is InChI=1S/C11H13NO2.C2H6/c1-2-12-9-10(13)7-5-3-4-6-8(7)11(9)14;1-2/h5-6,9,12H,2-4H2,1H3;1-2H3. The lowest BCUT2D eigenvalue weighted by Gasteiger charge is -2.04. The van der Waals surface area contributed by atoms with E-state index in [0.717, 1.165) is 12.8 Å². The van der Waals surface area contributed by atoms with Gasteiger partial charge >= 0.3 is 0 Å². The summed E-state index contributed by atoms with van der Waals surface area (Å²) in [5.41, 5.74) is 1.26. The number of hydrogen-bond donors (Lipinski definition) is 1. The molecular weight excluding hydrogens is 202 g/mol. The first-order valence-electron chi connectivity index (χ1n) is 5.98. The fourth-order valence-electron chi connectivity index (χ4n) is 1.96. The van der Waals surface area contributed by atoms with Gasteiger partial charge in [-0.25, -0.2) is 0 Å². The zero-order valence-corrected chi connectivity index (χ0v) is 10.2. The van der Waals surface area contributed by atoms with Gasteiger partial charge in [-0.1, -0.05) is 32.9 Å². The van der Waals surface area contributed by atoms with Crippen LogP contribution in [0.4, 0.5) is 0 Å². The van der Waals surface area contributed by atoms with Crippen LogP contribution in [0.25, 0.3) is 0 Å². The zero-order chi connectivity index (χ0) is 12.1. The van der Waals surface area contributed by atoms with E-state index in [4.69, 9.17) is 0 Å². The van der Waals surface area contributed by atoms with E-state index in [1.807, 2.05) is 32.9 Å². The smallest absolute Gasteiger partial charge is 0.188 e. The van der Waals surface area contributed by atoms with Crippen LogP contribution in [0.3, 0.4) is 0 Å². The number of likely N-dealkylation sites (N-methyl/N-ethyl adjacent to an activating group) is 1. The quantitative estimate of drug-likeness (QED) is 0.723. The molecule has 0 saturated heterocycles. The van der Waals surface area contributed by atoms with Crippen molar-refractivity contribution in [2.75, 3.05) is 6.54 Å². The molecule has 0 aliphatic heterocycles. The highest BCUT2D eigenvalue weighted by molar-refractivity contribution is 6.32. The average molecular weight is 221 g/mol. The summed E-state index contributed by atoms with van der Waals surface area (Å²) in [7, 11) is 0. The predicted molar refractivity (Wildman–Crippen MR) is 64.2 cm³/mol. The van der Waals surface area contributed by atoms with Gasteiger partial charge in [-0.2, -0.15) is 0 Å². The largest absolute Gasteiger partial charge is 0.301 e. The van der Waals surface area contributed by atoms with Gasteiger partial charge < -0.3 is 5.32 Å². The van der Waals surface area contributed by atoms with Crippen molar-refractivity contribution in [3.05, 3.63) is 23.3 Å². The van der Waals surface area contributed by atoms with Crippen molar-refractivity contribution in [2.45, 2.75) is 39.7 Å². The molecule has 0 atom stereocenters. The minimum Gasteiger partial charge on any atom is -0.301 e. The fourth-order valence-corrected chi connectivity index (χ4v) is 1.96. The van der Waals surface area contributed by atoms with Crippen LogP contribution in [0.2, 0.25) is 0 Å². The Bertz CT molecular complexity index is 321. The number of Topliss-reactive ketones (excluding diaryl/α,β-unsaturated/α-hetero) is 2. The van der Waals surface area contributed by atoms with Gasteiger partial charge in [0.1, 0.15) is 6.04 Å². The summed E-state index contributed by atoms with van der Waals surface area (Å²) in [6.07, 6.45) is 5.51. The number of ketones is 2. The number of nitrogens with one attached hydrogen (secondary N) is 1. The van der Waals surface area contributed by atoms with E-state index in [-0.39, 0.29) is 11.6 Å². The molecule has 0 bridgehead atoms. The van der Waals surface area contributed by atoms with Gasteiger partial charge in [0.25, 0.3) is 0 Å². The fraction of sp³-hybridized carbons (Fsp3) is 0.538. The Morgan fingerprint density at radius 3 is 1.94 bits per heavy atom. The van der Waals surface area contributed by atoms with Gasteiger partial charge in [0.05, 0.1) is 0 Å². The summed E-state index contributed by atoms with van der Waals surface area (Å²) in [4.78, 5) is 23.5. The third kappa shape index (κ3) is 2.14. The topological polar surface area (TPSA) is 46.2 Å². The summed E-state index contributed by atoms with van der Waals surface area (Å²) in [6.45, 7) is 6.54. The number of carbonyl (C=O) groups excluding carboxylic acids is 2. The van der Waals surface area contributed by atoms with Gasteiger partial charge in [0, 0.05) is 11.1 Å². The lowest BCUT2D eigenvalue weighted by molar-refractivity contribution is -0.123. The molecule has 16 heavy (non-hydrogen) atoms. The number of allylic oxidation sites excluding steroid dienone is 2. The Kier molecular flexibility index (Phi) is 4.62. The van der Waals surface area contributed by atoms with Crippen molar-refractivity contribution in [1.29, 1.82) is 0 Å². The maximum atomic E-state index is 11.7. The van der Waals surface area contributed by atoms with Gasteiger partial charge in [-0.15, -0.1) is 0 Å². The predicted octanol–water partition coefficient (Wildman–Crippen LogP) is 1.79. The molecule has 0 aromatic carbocycles. The second kappa shape index (κ2) is 5.75. The average Bonchev–Trinajstić information content (AvgIpc) is 2.58. The van der Waals surface area contributed by atoms with Gasteiger partial charge in [-0.3, -0.25) is 9.59 Å². The number of carbonyl (C=O) groups is 2. The van der Waals surface area contributed by atoms with Crippen LogP contribution in [0.15, 0.2) is 23.3 Å². The normalized spacial score (nSPS) is 19.7. The van der Waals surface area contributed by atoms with Crippen LogP contribution in [0.5, 0.6) is 0 Å². The highest BCUT2D eigenvalue weighted by Gasteiger charge is 2.40. The van der Waals surface area contributed by atoms with E-state index in [1.165, 1.54) is 0 Å². The number of hydrogen-bond acceptors (Lipinski definition) is 3. The van der Waals surface area contributed by atoms with E-state index in [1.54, 1.807) is 0 Å². The van der Waals surface area contributed by atoms with E-state index in [2.05, 4.69) is 5.32 Å². The number of rotatable bonds is 2. The Morgan fingerprint density at radius 1 is 1.12 bits per heavy atom. The first-order chi connectivity index (χ1) is 7.75. The van der Waals surface area contributed by atoms with Crippen molar-refractivity contribution in [3.63, 3.8) is 0 Å². The highest BCUT2D eigenvalue weighted by Crippen LogP contribution is 2.29. The molecule has 0 radical (unpaired) electrons.